The summed E-state index contributed by atoms with van der Waals surface area (Å²) in [5.41, 5.74) is 5.98. The highest BCUT2D eigenvalue weighted by atomic mass is 19.4. The van der Waals surface area contributed by atoms with Crippen molar-refractivity contribution in [2.45, 2.75) is 25.7 Å². The maximum atomic E-state index is 12.0. The third-order valence-corrected chi connectivity index (χ3v) is 1.74. The van der Waals surface area contributed by atoms with Crippen molar-refractivity contribution in [2.24, 2.45) is 5.73 Å². The van der Waals surface area contributed by atoms with Crippen LogP contribution in [-0.2, 0) is 6.42 Å². The summed E-state index contributed by atoms with van der Waals surface area (Å²) in [6.45, 7) is 1.73. The van der Waals surface area contributed by atoms with Crippen LogP contribution in [-0.4, -0.2) is 12.4 Å². The first-order chi connectivity index (χ1) is 6.88. The molecule has 0 saturated heterocycles. The average Bonchev–Trinajstić information content (AvgIpc) is 2.05. The molecule has 0 aliphatic carbocycles. The molecular weight excluding hydrogens is 207 g/mol. The highest BCUT2D eigenvalue weighted by Gasteiger charge is 2.31. The van der Waals surface area contributed by atoms with Gasteiger partial charge >= 0.3 is 6.36 Å². The monoisotopic (exact) mass is 219 g/mol. The third-order valence-electron chi connectivity index (χ3n) is 1.74. The van der Waals surface area contributed by atoms with Gasteiger partial charge in [-0.2, -0.15) is 0 Å². The molecule has 0 amide bonds. The number of alkyl halides is 3. The molecule has 0 aliphatic rings. The van der Waals surface area contributed by atoms with Gasteiger partial charge in [-0.25, -0.2) is 0 Å². The lowest BCUT2D eigenvalue weighted by Crippen LogP contribution is -2.21. The molecule has 0 bridgehead atoms. The van der Waals surface area contributed by atoms with E-state index in [9.17, 15) is 13.2 Å². The van der Waals surface area contributed by atoms with E-state index in [0.29, 0.717) is 12.0 Å². The zero-order valence-corrected chi connectivity index (χ0v) is 8.21. The smallest absolute Gasteiger partial charge is 0.406 e. The Morgan fingerprint density at radius 1 is 1.33 bits per heavy atom. The van der Waals surface area contributed by atoms with Gasteiger partial charge in [-0.15, -0.1) is 13.2 Å². The Hall–Kier alpha value is -1.23. The molecule has 0 aromatic heterocycles. The molecule has 0 aliphatic heterocycles. The van der Waals surface area contributed by atoms with Crippen LogP contribution in [0.25, 0.3) is 0 Å². The van der Waals surface area contributed by atoms with Crippen LogP contribution in [0.2, 0.25) is 0 Å². The maximum absolute atomic E-state index is 12.0. The van der Waals surface area contributed by atoms with Crippen LogP contribution in [0.15, 0.2) is 24.3 Å². The van der Waals surface area contributed by atoms with Crippen LogP contribution < -0.4 is 10.5 Å². The van der Waals surface area contributed by atoms with E-state index in [1.807, 2.05) is 0 Å². The van der Waals surface area contributed by atoms with Crippen molar-refractivity contribution < 1.29 is 17.9 Å². The normalized spacial score (nSPS) is 13.7. The molecule has 0 spiro atoms. The summed E-state index contributed by atoms with van der Waals surface area (Å²) in [4.78, 5) is 0. The average molecular weight is 219 g/mol. The van der Waals surface area contributed by atoms with E-state index in [4.69, 9.17) is 5.73 Å². The van der Waals surface area contributed by atoms with Crippen molar-refractivity contribution in [3.8, 4) is 5.75 Å². The number of rotatable bonds is 3. The van der Waals surface area contributed by atoms with Gasteiger partial charge in [0.05, 0.1) is 0 Å². The molecule has 0 fully saturated rings. The largest absolute Gasteiger partial charge is 0.573 e. The molecule has 0 unspecified atom stereocenters. The minimum Gasteiger partial charge on any atom is -0.406 e. The topological polar surface area (TPSA) is 35.2 Å². The number of hydrogen-bond acceptors (Lipinski definition) is 2. The van der Waals surface area contributed by atoms with Crippen LogP contribution in [0.1, 0.15) is 12.5 Å². The first kappa shape index (κ1) is 11.8. The van der Waals surface area contributed by atoms with Crippen molar-refractivity contribution in [1.29, 1.82) is 0 Å². The van der Waals surface area contributed by atoms with Crippen LogP contribution in [0.5, 0.6) is 5.75 Å². The second-order valence-corrected chi connectivity index (χ2v) is 3.34. The molecule has 1 atom stereocenters. The van der Waals surface area contributed by atoms with Gasteiger partial charge in [-0.1, -0.05) is 18.2 Å². The minimum absolute atomic E-state index is 0.178. The van der Waals surface area contributed by atoms with Gasteiger partial charge in [0.25, 0.3) is 0 Å². The molecule has 0 saturated carbocycles. The van der Waals surface area contributed by atoms with Crippen molar-refractivity contribution in [1.82, 2.24) is 0 Å². The summed E-state index contributed by atoms with van der Waals surface area (Å²) in [6.07, 6.45) is -4.31. The lowest BCUT2D eigenvalue weighted by molar-refractivity contribution is -0.274. The molecule has 0 heterocycles. The van der Waals surface area contributed by atoms with E-state index >= 15 is 0 Å². The van der Waals surface area contributed by atoms with E-state index in [-0.39, 0.29) is 11.8 Å². The summed E-state index contributed by atoms with van der Waals surface area (Å²) in [6, 6.07) is 5.80. The summed E-state index contributed by atoms with van der Waals surface area (Å²) >= 11 is 0. The minimum atomic E-state index is -4.66. The lowest BCUT2D eigenvalue weighted by Gasteiger charge is -2.14. The summed E-state index contributed by atoms with van der Waals surface area (Å²) < 4.78 is 39.9. The van der Waals surface area contributed by atoms with Gasteiger partial charge in [0, 0.05) is 6.04 Å². The van der Waals surface area contributed by atoms with Gasteiger partial charge < -0.3 is 10.5 Å². The molecule has 1 aromatic rings. The number of halogens is 3. The lowest BCUT2D eigenvalue weighted by atomic mass is 10.1. The van der Waals surface area contributed by atoms with Gasteiger partial charge in [0.15, 0.2) is 0 Å². The van der Waals surface area contributed by atoms with E-state index < -0.39 is 6.36 Å². The summed E-state index contributed by atoms with van der Waals surface area (Å²) in [5, 5.41) is 0. The molecule has 0 radical (unpaired) electrons. The fraction of sp³-hybridized carbons (Fsp3) is 0.400. The number of hydrogen-bond donors (Lipinski definition) is 1. The highest BCUT2D eigenvalue weighted by Crippen LogP contribution is 2.26. The fourth-order valence-corrected chi connectivity index (χ4v) is 1.24. The second kappa shape index (κ2) is 4.53. The Bertz CT molecular complexity index is 323. The predicted molar refractivity (Wildman–Crippen MR) is 50.5 cm³/mol. The predicted octanol–water partition coefficient (Wildman–Crippen LogP) is 2.47. The van der Waals surface area contributed by atoms with Gasteiger partial charge in [-0.05, 0) is 25.0 Å². The molecular formula is C10H12F3NO. The van der Waals surface area contributed by atoms with Crippen LogP contribution >= 0.6 is 0 Å². The highest BCUT2D eigenvalue weighted by molar-refractivity contribution is 5.34. The first-order valence-corrected chi connectivity index (χ1v) is 4.48. The fourth-order valence-electron chi connectivity index (χ4n) is 1.24. The number of benzene rings is 1. The number of ether oxygens (including phenoxy) is 1. The van der Waals surface area contributed by atoms with Crippen molar-refractivity contribution in [2.75, 3.05) is 0 Å². The zero-order chi connectivity index (χ0) is 11.5. The number of nitrogens with two attached hydrogens (primary N) is 1. The van der Waals surface area contributed by atoms with Gasteiger partial charge in [0.2, 0.25) is 0 Å². The van der Waals surface area contributed by atoms with E-state index in [2.05, 4.69) is 4.74 Å². The molecule has 2 N–H and O–H groups in total. The quantitative estimate of drug-likeness (QED) is 0.847. The summed E-state index contributed by atoms with van der Waals surface area (Å²) in [7, 11) is 0. The van der Waals surface area contributed by atoms with Crippen molar-refractivity contribution in [3.05, 3.63) is 29.8 Å². The molecule has 1 aromatic carbocycles. The van der Waals surface area contributed by atoms with E-state index in [1.165, 1.54) is 12.1 Å². The molecule has 5 heteroatoms. The SMILES string of the molecule is C[C@@H](N)Cc1ccccc1OC(F)(F)F. The Labute approximate surface area is 85.8 Å². The Morgan fingerprint density at radius 2 is 1.93 bits per heavy atom. The van der Waals surface area contributed by atoms with Crippen molar-refractivity contribution in [3.63, 3.8) is 0 Å². The van der Waals surface area contributed by atoms with Gasteiger partial charge in [-0.3, -0.25) is 0 Å². The Kier molecular flexibility index (Phi) is 3.57. The molecule has 1 rings (SSSR count). The Morgan fingerprint density at radius 3 is 2.47 bits per heavy atom. The first-order valence-electron chi connectivity index (χ1n) is 4.48. The number of para-hydroxylation sites is 1. The molecule has 15 heavy (non-hydrogen) atoms. The van der Waals surface area contributed by atoms with Crippen LogP contribution in [0.4, 0.5) is 13.2 Å². The van der Waals surface area contributed by atoms with E-state index in [0.717, 1.165) is 0 Å². The molecule has 84 valence electrons. The van der Waals surface area contributed by atoms with Gasteiger partial charge in [0.1, 0.15) is 5.75 Å². The standard InChI is InChI=1S/C10H12F3NO/c1-7(14)6-8-4-2-3-5-9(8)15-10(11,12)13/h2-5,7H,6,14H2,1H3/t7-/m1/s1. The second-order valence-electron chi connectivity index (χ2n) is 3.34. The summed E-state index contributed by atoms with van der Waals surface area (Å²) in [5.74, 6) is -0.178. The Balaban J connectivity index is 2.86. The van der Waals surface area contributed by atoms with Crippen LogP contribution in [0.3, 0.4) is 0 Å². The third kappa shape index (κ3) is 4.20. The maximum Gasteiger partial charge on any atom is 0.573 e. The van der Waals surface area contributed by atoms with Crippen LogP contribution in [0, 0.1) is 0 Å². The molecule has 2 nitrogen and oxygen atoms in total. The van der Waals surface area contributed by atoms with Crippen molar-refractivity contribution >= 4 is 0 Å². The van der Waals surface area contributed by atoms with E-state index in [1.54, 1.807) is 19.1 Å². The zero-order valence-electron chi connectivity index (χ0n) is 8.21.